The summed E-state index contributed by atoms with van der Waals surface area (Å²) in [4.78, 5) is 16.1. The van der Waals surface area contributed by atoms with Crippen LogP contribution < -0.4 is 10.3 Å². The molecule has 0 bridgehead atoms. The van der Waals surface area contributed by atoms with Crippen LogP contribution in [-0.4, -0.2) is 16.7 Å². The van der Waals surface area contributed by atoms with Crippen molar-refractivity contribution in [3.05, 3.63) is 57.3 Å². The van der Waals surface area contributed by atoms with Gasteiger partial charge in [-0.25, -0.2) is 9.37 Å². The maximum atomic E-state index is 13.3. The SMILES string of the molecule is COc1nc(C)cc(=O)n1Cc1ccc(F)c(C#N)c1. The van der Waals surface area contributed by atoms with E-state index in [0.717, 1.165) is 0 Å². The van der Waals surface area contributed by atoms with Crippen molar-refractivity contribution in [3.63, 3.8) is 0 Å². The summed E-state index contributed by atoms with van der Waals surface area (Å²) in [6.45, 7) is 1.85. The van der Waals surface area contributed by atoms with E-state index in [-0.39, 0.29) is 23.7 Å². The van der Waals surface area contributed by atoms with Gasteiger partial charge in [-0.2, -0.15) is 5.26 Å². The Morgan fingerprint density at radius 2 is 2.20 bits per heavy atom. The van der Waals surface area contributed by atoms with E-state index < -0.39 is 5.82 Å². The number of benzene rings is 1. The standard InChI is InChI=1S/C14H12FN3O2/c1-9-5-13(19)18(14(17-9)20-2)8-10-3-4-12(15)11(6-10)7-16/h3-6H,8H2,1-2H3. The van der Waals surface area contributed by atoms with E-state index in [1.54, 1.807) is 13.0 Å². The molecule has 2 aromatic rings. The number of methoxy groups -OCH3 is 1. The van der Waals surface area contributed by atoms with Gasteiger partial charge in [0.2, 0.25) is 0 Å². The molecule has 102 valence electrons. The Morgan fingerprint density at radius 1 is 1.45 bits per heavy atom. The van der Waals surface area contributed by atoms with Crippen LogP contribution in [0.2, 0.25) is 0 Å². The first-order valence-electron chi connectivity index (χ1n) is 5.86. The van der Waals surface area contributed by atoms with E-state index in [1.165, 1.54) is 35.9 Å². The molecule has 1 aromatic heterocycles. The molecule has 6 heteroatoms. The van der Waals surface area contributed by atoms with Crippen molar-refractivity contribution in [1.29, 1.82) is 5.26 Å². The number of aryl methyl sites for hydroxylation is 1. The molecule has 1 aromatic carbocycles. The highest BCUT2D eigenvalue weighted by molar-refractivity contribution is 5.34. The molecule has 0 N–H and O–H groups in total. The summed E-state index contributed by atoms with van der Waals surface area (Å²) in [5, 5.41) is 8.81. The minimum atomic E-state index is -0.586. The number of nitrogens with zero attached hydrogens (tertiary/aromatic N) is 3. The van der Waals surface area contributed by atoms with Crippen molar-refractivity contribution in [2.45, 2.75) is 13.5 Å². The maximum absolute atomic E-state index is 13.3. The van der Waals surface area contributed by atoms with Crippen LogP contribution in [0.1, 0.15) is 16.8 Å². The van der Waals surface area contributed by atoms with E-state index in [4.69, 9.17) is 10.00 Å². The zero-order valence-electron chi connectivity index (χ0n) is 11.1. The molecule has 0 radical (unpaired) electrons. The van der Waals surface area contributed by atoms with Crippen LogP contribution in [0, 0.1) is 24.1 Å². The van der Waals surface area contributed by atoms with Crippen molar-refractivity contribution in [1.82, 2.24) is 9.55 Å². The molecule has 0 aliphatic carbocycles. The van der Waals surface area contributed by atoms with E-state index in [0.29, 0.717) is 11.3 Å². The summed E-state index contributed by atoms with van der Waals surface area (Å²) >= 11 is 0. The predicted octanol–water partition coefficient (Wildman–Crippen LogP) is 1.62. The van der Waals surface area contributed by atoms with Crippen LogP contribution in [-0.2, 0) is 6.54 Å². The van der Waals surface area contributed by atoms with Gasteiger partial charge in [-0.05, 0) is 24.6 Å². The van der Waals surface area contributed by atoms with Gasteiger partial charge in [0.25, 0.3) is 11.6 Å². The van der Waals surface area contributed by atoms with Crippen molar-refractivity contribution in [3.8, 4) is 12.1 Å². The van der Waals surface area contributed by atoms with Gasteiger partial charge in [-0.1, -0.05) is 6.07 Å². The van der Waals surface area contributed by atoms with Crippen molar-refractivity contribution in [2.24, 2.45) is 0 Å². The Morgan fingerprint density at radius 3 is 2.85 bits per heavy atom. The summed E-state index contributed by atoms with van der Waals surface area (Å²) in [5.41, 5.74) is 0.848. The summed E-state index contributed by atoms with van der Waals surface area (Å²) < 4.78 is 19.7. The first kappa shape index (κ1) is 13.7. The second-order valence-corrected chi connectivity index (χ2v) is 4.23. The van der Waals surface area contributed by atoms with E-state index in [2.05, 4.69) is 4.98 Å². The first-order valence-corrected chi connectivity index (χ1v) is 5.86. The average molecular weight is 273 g/mol. The third-order valence-electron chi connectivity index (χ3n) is 2.78. The topological polar surface area (TPSA) is 67.9 Å². The zero-order valence-corrected chi connectivity index (χ0v) is 11.1. The summed E-state index contributed by atoms with van der Waals surface area (Å²) in [6, 6.07) is 7.45. The Balaban J connectivity index is 2.45. The minimum Gasteiger partial charge on any atom is -0.468 e. The van der Waals surface area contributed by atoms with Crippen molar-refractivity contribution in [2.75, 3.05) is 7.11 Å². The van der Waals surface area contributed by atoms with Gasteiger partial charge >= 0.3 is 0 Å². The highest BCUT2D eigenvalue weighted by Crippen LogP contribution is 2.13. The van der Waals surface area contributed by atoms with Gasteiger partial charge in [0.1, 0.15) is 11.9 Å². The third kappa shape index (κ3) is 2.67. The lowest BCUT2D eigenvalue weighted by Gasteiger charge is -2.11. The van der Waals surface area contributed by atoms with Crippen LogP contribution in [0.5, 0.6) is 6.01 Å². The molecule has 0 spiro atoms. The number of ether oxygens (including phenoxy) is 1. The molecule has 0 saturated carbocycles. The van der Waals surface area contributed by atoms with E-state index in [9.17, 15) is 9.18 Å². The lowest BCUT2D eigenvalue weighted by Crippen LogP contribution is -2.23. The molecule has 20 heavy (non-hydrogen) atoms. The largest absolute Gasteiger partial charge is 0.468 e. The predicted molar refractivity (Wildman–Crippen MR) is 70.0 cm³/mol. The molecule has 0 saturated heterocycles. The Bertz CT molecular complexity index is 747. The fourth-order valence-corrected chi connectivity index (χ4v) is 1.83. The Labute approximate surface area is 114 Å². The molecule has 0 amide bonds. The fourth-order valence-electron chi connectivity index (χ4n) is 1.83. The number of aromatic nitrogens is 2. The van der Waals surface area contributed by atoms with Gasteiger partial charge in [-0.3, -0.25) is 9.36 Å². The zero-order chi connectivity index (χ0) is 14.7. The highest BCUT2D eigenvalue weighted by Gasteiger charge is 2.09. The second-order valence-electron chi connectivity index (χ2n) is 4.23. The van der Waals surface area contributed by atoms with Crippen molar-refractivity contribution >= 4 is 0 Å². The number of nitriles is 1. The Kier molecular flexibility index (Phi) is 3.80. The lowest BCUT2D eigenvalue weighted by atomic mass is 10.1. The minimum absolute atomic E-state index is 0.0606. The van der Waals surface area contributed by atoms with E-state index in [1.807, 2.05) is 0 Å². The summed E-state index contributed by atoms with van der Waals surface area (Å²) in [7, 11) is 1.42. The van der Waals surface area contributed by atoms with Crippen molar-refractivity contribution < 1.29 is 9.13 Å². The number of rotatable bonds is 3. The molecule has 0 aliphatic rings. The van der Waals surface area contributed by atoms with Crippen LogP contribution in [0.25, 0.3) is 0 Å². The summed E-state index contributed by atoms with van der Waals surface area (Å²) in [6.07, 6.45) is 0. The normalized spacial score (nSPS) is 10.1. The van der Waals surface area contributed by atoms with Crippen LogP contribution in [0.4, 0.5) is 4.39 Å². The molecule has 0 fully saturated rings. The van der Waals surface area contributed by atoms with Gasteiger partial charge in [0.05, 0.1) is 19.2 Å². The molecular formula is C14H12FN3O2. The lowest BCUT2D eigenvalue weighted by molar-refractivity contribution is 0.350. The molecule has 0 aliphatic heterocycles. The molecule has 1 heterocycles. The molecule has 2 rings (SSSR count). The van der Waals surface area contributed by atoms with Gasteiger partial charge in [0.15, 0.2) is 0 Å². The highest BCUT2D eigenvalue weighted by atomic mass is 19.1. The van der Waals surface area contributed by atoms with Crippen LogP contribution >= 0.6 is 0 Å². The van der Waals surface area contributed by atoms with Gasteiger partial charge in [-0.15, -0.1) is 0 Å². The smallest absolute Gasteiger partial charge is 0.299 e. The van der Waals surface area contributed by atoms with E-state index >= 15 is 0 Å². The van der Waals surface area contributed by atoms with Gasteiger partial charge in [0, 0.05) is 11.8 Å². The number of halogens is 1. The third-order valence-corrected chi connectivity index (χ3v) is 2.78. The Hall–Kier alpha value is -2.68. The average Bonchev–Trinajstić information content (AvgIpc) is 2.43. The van der Waals surface area contributed by atoms with Crippen LogP contribution in [0.3, 0.4) is 0 Å². The maximum Gasteiger partial charge on any atom is 0.299 e. The van der Waals surface area contributed by atoms with Gasteiger partial charge < -0.3 is 4.74 Å². The molecule has 0 atom stereocenters. The molecule has 5 nitrogen and oxygen atoms in total. The molecule has 0 unspecified atom stereocenters. The monoisotopic (exact) mass is 273 g/mol. The molecular weight excluding hydrogens is 261 g/mol. The quantitative estimate of drug-likeness (QED) is 0.852. The summed E-state index contributed by atoms with van der Waals surface area (Å²) in [5.74, 6) is -0.586. The second kappa shape index (κ2) is 5.53. The fraction of sp³-hybridized carbons (Fsp3) is 0.214. The number of hydrogen-bond acceptors (Lipinski definition) is 4. The first-order chi connectivity index (χ1) is 9.55. The number of hydrogen-bond donors (Lipinski definition) is 0. The van der Waals surface area contributed by atoms with Crippen LogP contribution in [0.15, 0.2) is 29.1 Å².